The number of rotatable bonds is 4. The number of carbonyl (C=O) groups is 2. The predicted octanol–water partition coefficient (Wildman–Crippen LogP) is -0.965. The third kappa shape index (κ3) is 4.91. The van der Waals surface area contributed by atoms with Gasteiger partial charge < -0.3 is 10.6 Å². The number of halogens is 1. The van der Waals surface area contributed by atoms with E-state index in [1.807, 2.05) is 0 Å². The minimum Gasteiger partial charge on any atom is -0.348 e. The summed E-state index contributed by atoms with van der Waals surface area (Å²) in [5.74, 6) is -1.16. The highest BCUT2D eigenvalue weighted by atomic mass is 35.5. The molecule has 1 aliphatic heterocycles. The number of hydrogen-bond donors (Lipinski definition) is 2. The molecule has 0 aromatic carbocycles. The SMILES string of the molecule is O=C(NCCCCl)C(=O)NC1CCS(=O)(=O)C1. The molecule has 1 heterocycles. The molecule has 2 amide bonds. The van der Waals surface area contributed by atoms with E-state index in [0.717, 1.165) is 0 Å². The van der Waals surface area contributed by atoms with Crippen molar-refractivity contribution in [2.75, 3.05) is 23.9 Å². The van der Waals surface area contributed by atoms with Crippen molar-refractivity contribution >= 4 is 33.3 Å². The molecule has 0 aliphatic carbocycles. The first-order valence-electron chi connectivity index (χ1n) is 5.29. The second-order valence-corrected chi connectivity index (χ2v) is 6.48. The average molecular weight is 283 g/mol. The molecule has 0 aromatic heterocycles. The smallest absolute Gasteiger partial charge is 0.309 e. The molecule has 1 aliphatic rings. The molecular formula is C9H15ClN2O4S. The normalized spacial score (nSPS) is 22.1. The number of alkyl halides is 1. The highest BCUT2D eigenvalue weighted by molar-refractivity contribution is 7.91. The zero-order chi connectivity index (χ0) is 12.9. The van der Waals surface area contributed by atoms with Crippen LogP contribution in [0, 0.1) is 0 Å². The monoisotopic (exact) mass is 282 g/mol. The van der Waals surface area contributed by atoms with Gasteiger partial charge in [-0.3, -0.25) is 9.59 Å². The van der Waals surface area contributed by atoms with Crippen molar-refractivity contribution in [3.63, 3.8) is 0 Å². The van der Waals surface area contributed by atoms with Crippen LogP contribution >= 0.6 is 11.6 Å². The molecule has 1 fully saturated rings. The van der Waals surface area contributed by atoms with Crippen LogP contribution in [0.25, 0.3) is 0 Å². The van der Waals surface area contributed by atoms with Crippen molar-refractivity contribution in [1.29, 1.82) is 0 Å². The van der Waals surface area contributed by atoms with Crippen LogP contribution in [0.15, 0.2) is 0 Å². The highest BCUT2D eigenvalue weighted by Gasteiger charge is 2.30. The van der Waals surface area contributed by atoms with E-state index in [9.17, 15) is 18.0 Å². The zero-order valence-corrected chi connectivity index (χ0v) is 10.8. The fourth-order valence-corrected chi connectivity index (χ4v) is 3.32. The first-order valence-corrected chi connectivity index (χ1v) is 7.65. The van der Waals surface area contributed by atoms with E-state index in [2.05, 4.69) is 10.6 Å². The van der Waals surface area contributed by atoms with Gasteiger partial charge >= 0.3 is 11.8 Å². The molecule has 8 heteroatoms. The number of amides is 2. The van der Waals surface area contributed by atoms with E-state index in [1.54, 1.807) is 0 Å². The van der Waals surface area contributed by atoms with Crippen molar-refractivity contribution < 1.29 is 18.0 Å². The van der Waals surface area contributed by atoms with Gasteiger partial charge in [0.2, 0.25) is 0 Å². The highest BCUT2D eigenvalue weighted by Crippen LogP contribution is 2.10. The number of sulfone groups is 1. The maximum atomic E-state index is 11.4. The average Bonchev–Trinajstić information content (AvgIpc) is 2.58. The predicted molar refractivity (Wildman–Crippen MR) is 63.5 cm³/mol. The Morgan fingerprint density at radius 1 is 1.29 bits per heavy atom. The molecule has 1 unspecified atom stereocenters. The quantitative estimate of drug-likeness (QED) is 0.394. The van der Waals surface area contributed by atoms with Crippen LogP contribution in [-0.2, 0) is 19.4 Å². The maximum absolute atomic E-state index is 11.4. The van der Waals surface area contributed by atoms with Gasteiger partial charge in [0.1, 0.15) is 0 Å². The van der Waals surface area contributed by atoms with E-state index < -0.39 is 27.7 Å². The van der Waals surface area contributed by atoms with Crippen LogP contribution in [0.3, 0.4) is 0 Å². The van der Waals surface area contributed by atoms with E-state index in [4.69, 9.17) is 11.6 Å². The largest absolute Gasteiger partial charge is 0.348 e. The molecule has 98 valence electrons. The first kappa shape index (κ1) is 14.2. The van der Waals surface area contributed by atoms with E-state index >= 15 is 0 Å². The van der Waals surface area contributed by atoms with Crippen LogP contribution in [0.2, 0.25) is 0 Å². The standard InChI is InChI=1S/C9H15ClN2O4S/c10-3-1-4-11-8(13)9(14)12-7-2-5-17(15,16)6-7/h7H,1-6H2,(H,11,13)(H,12,14). The topological polar surface area (TPSA) is 92.3 Å². The van der Waals surface area contributed by atoms with Gasteiger partial charge in [0.25, 0.3) is 0 Å². The molecular weight excluding hydrogens is 268 g/mol. The van der Waals surface area contributed by atoms with Crippen molar-refractivity contribution in [2.45, 2.75) is 18.9 Å². The Hall–Kier alpha value is -0.820. The Kier molecular flexibility index (Phi) is 5.20. The molecule has 1 rings (SSSR count). The Morgan fingerprint density at radius 2 is 2.00 bits per heavy atom. The summed E-state index contributed by atoms with van der Waals surface area (Å²) in [6, 6.07) is -0.453. The number of hydrogen-bond acceptors (Lipinski definition) is 4. The van der Waals surface area contributed by atoms with Crippen molar-refractivity contribution in [3.8, 4) is 0 Å². The molecule has 0 saturated carbocycles. The van der Waals surface area contributed by atoms with E-state index in [-0.39, 0.29) is 11.5 Å². The second-order valence-electron chi connectivity index (χ2n) is 3.87. The van der Waals surface area contributed by atoms with Gasteiger partial charge in [0.15, 0.2) is 9.84 Å². The summed E-state index contributed by atoms with van der Waals surface area (Å²) in [7, 11) is -3.05. The molecule has 1 atom stereocenters. The van der Waals surface area contributed by atoms with Crippen LogP contribution in [0.4, 0.5) is 0 Å². The third-order valence-corrected chi connectivity index (χ3v) is 4.41. The van der Waals surface area contributed by atoms with E-state index in [0.29, 0.717) is 25.3 Å². The third-order valence-electron chi connectivity index (χ3n) is 2.37. The van der Waals surface area contributed by atoms with Gasteiger partial charge in [0.05, 0.1) is 11.5 Å². The molecule has 17 heavy (non-hydrogen) atoms. The summed E-state index contributed by atoms with van der Waals surface area (Å²) in [4.78, 5) is 22.6. The Labute approximate surface area is 105 Å². The van der Waals surface area contributed by atoms with Crippen LogP contribution in [0.1, 0.15) is 12.8 Å². The lowest BCUT2D eigenvalue weighted by Crippen LogP contribution is -2.45. The molecule has 2 N–H and O–H groups in total. The summed E-state index contributed by atoms with van der Waals surface area (Å²) in [5.41, 5.74) is 0. The van der Waals surface area contributed by atoms with Crippen molar-refractivity contribution in [3.05, 3.63) is 0 Å². The van der Waals surface area contributed by atoms with Gasteiger partial charge in [-0.2, -0.15) is 0 Å². The van der Waals surface area contributed by atoms with Gasteiger partial charge in [0, 0.05) is 18.5 Å². The second kappa shape index (κ2) is 6.20. The van der Waals surface area contributed by atoms with Crippen molar-refractivity contribution in [2.24, 2.45) is 0 Å². The number of nitrogens with one attached hydrogen (secondary N) is 2. The van der Waals surface area contributed by atoms with Gasteiger partial charge in [-0.15, -0.1) is 11.6 Å². The number of carbonyl (C=O) groups excluding carboxylic acids is 2. The van der Waals surface area contributed by atoms with Crippen LogP contribution in [0.5, 0.6) is 0 Å². The zero-order valence-electron chi connectivity index (χ0n) is 9.24. The lowest BCUT2D eigenvalue weighted by molar-refractivity contribution is -0.139. The van der Waals surface area contributed by atoms with Gasteiger partial charge in [-0.05, 0) is 12.8 Å². The molecule has 0 radical (unpaired) electrons. The van der Waals surface area contributed by atoms with Gasteiger partial charge in [-0.25, -0.2) is 8.42 Å². The fourth-order valence-electron chi connectivity index (χ4n) is 1.51. The summed E-state index contributed by atoms with van der Waals surface area (Å²) in [6.45, 7) is 0.332. The minimum atomic E-state index is -3.05. The van der Waals surface area contributed by atoms with E-state index in [1.165, 1.54) is 0 Å². The first-order chi connectivity index (χ1) is 7.94. The lowest BCUT2D eigenvalue weighted by atomic mass is 10.2. The Bertz CT molecular complexity index is 396. The van der Waals surface area contributed by atoms with Crippen LogP contribution < -0.4 is 10.6 Å². The summed E-state index contributed by atoms with van der Waals surface area (Å²) in [6.07, 6.45) is 0.946. The summed E-state index contributed by atoms with van der Waals surface area (Å²) >= 11 is 5.41. The Balaban J connectivity index is 2.32. The van der Waals surface area contributed by atoms with Gasteiger partial charge in [-0.1, -0.05) is 0 Å². The summed E-state index contributed by atoms with van der Waals surface area (Å²) < 4.78 is 22.3. The molecule has 0 bridgehead atoms. The molecule has 6 nitrogen and oxygen atoms in total. The lowest BCUT2D eigenvalue weighted by Gasteiger charge is -2.10. The van der Waals surface area contributed by atoms with Crippen molar-refractivity contribution in [1.82, 2.24) is 10.6 Å². The Morgan fingerprint density at radius 3 is 2.53 bits per heavy atom. The molecule has 0 aromatic rings. The minimum absolute atomic E-state index is 0.0613. The van der Waals surface area contributed by atoms with Crippen LogP contribution in [-0.4, -0.2) is 50.2 Å². The maximum Gasteiger partial charge on any atom is 0.309 e. The molecule has 0 spiro atoms. The summed E-state index contributed by atoms with van der Waals surface area (Å²) in [5, 5.41) is 4.79. The molecule has 1 saturated heterocycles. The fraction of sp³-hybridized carbons (Fsp3) is 0.778.